The van der Waals surface area contributed by atoms with Gasteiger partial charge in [-0.2, -0.15) is 0 Å². The molecule has 0 aliphatic carbocycles. The van der Waals surface area contributed by atoms with E-state index in [0.717, 1.165) is 0 Å². The molecule has 0 aromatic heterocycles. The number of hydrogen-bond acceptors (Lipinski definition) is 3. The summed E-state index contributed by atoms with van der Waals surface area (Å²) in [6, 6.07) is 10.4. The van der Waals surface area contributed by atoms with Crippen LogP contribution in [0, 0.1) is 5.82 Å². The first-order chi connectivity index (χ1) is 12.0. The Morgan fingerprint density at radius 3 is 2.46 bits per heavy atom. The highest BCUT2D eigenvalue weighted by Crippen LogP contribution is 2.19. The van der Waals surface area contributed by atoms with Gasteiger partial charge >= 0.3 is 0 Å². The predicted molar refractivity (Wildman–Crippen MR) is 102 cm³/mol. The third kappa shape index (κ3) is 5.36. The summed E-state index contributed by atoms with van der Waals surface area (Å²) in [4.78, 5) is 12.3. The average Bonchev–Trinajstić information content (AvgIpc) is 2.53. The van der Waals surface area contributed by atoms with Crippen LogP contribution in [0.5, 0.6) is 0 Å². The lowest BCUT2D eigenvalue weighted by Crippen LogP contribution is -2.41. The summed E-state index contributed by atoms with van der Waals surface area (Å²) in [5, 5.41) is 2.57. The van der Waals surface area contributed by atoms with E-state index in [0.29, 0.717) is 10.0 Å². The number of carbonyl (C=O) groups excluding carboxylic acids is 1. The summed E-state index contributed by atoms with van der Waals surface area (Å²) in [6.45, 7) is 5.17. The van der Waals surface area contributed by atoms with Crippen LogP contribution >= 0.6 is 15.9 Å². The minimum atomic E-state index is -3.76. The number of nitrogens with one attached hydrogen (secondary N) is 2. The maximum atomic E-state index is 13.8. The Morgan fingerprint density at radius 1 is 1.15 bits per heavy atom. The van der Waals surface area contributed by atoms with Crippen LogP contribution < -0.4 is 10.0 Å². The maximum absolute atomic E-state index is 13.8. The molecule has 0 radical (unpaired) electrons. The van der Waals surface area contributed by atoms with Gasteiger partial charge in [0.25, 0.3) is 5.91 Å². The van der Waals surface area contributed by atoms with Gasteiger partial charge in [0.05, 0.1) is 10.5 Å². The van der Waals surface area contributed by atoms with Crippen molar-refractivity contribution in [3.8, 4) is 0 Å². The molecular formula is C18H20BrFN2O3S. The van der Waals surface area contributed by atoms with E-state index in [-0.39, 0.29) is 17.0 Å². The number of amides is 1. The van der Waals surface area contributed by atoms with Gasteiger partial charge in [0.15, 0.2) is 0 Å². The second kappa shape index (κ2) is 7.85. The van der Waals surface area contributed by atoms with Crippen LogP contribution in [0.25, 0.3) is 0 Å². The minimum absolute atomic E-state index is 0.0496. The molecule has 0 saturated carbocycles. The minimum Gasteiger partial charge on any atom is -0.348 e. The molecule has 0 unspecified atom stereocenters. The fourth-order valence-corrected chi connectivity index (χ4v) is 4.33. The van der Waals surface area contributed by atoms with E-state index in [1.807, 2.05) is 0 Å². The average molecular weight is 443 g/mol. The Balaban J connectivity index is 2.24. The highest BCUT2D eigenvalue weighted by molar-refractivity contribution is 9.10. The first kappa shape index (κ1) is 20.5. The normalized spacial score (nSPS) is 12.0. The molecule has 140 valence electrons. The van der Waals surface area contributed by atoms with Crippen molar-refractivity contribution in [2.45, 2.75) is 37.8 Å². The van der Waals surface area contributed by atoms with Gasteiger partial charge < -0.3 is 5.32 Å². The zero-order chi connectivity index (χ0) is 19.5. The molecular weight excluding hydrogens is 423 g/mol. The van der Waals surface area contributed by atoms with E-state index in [4.69, 9.17) is 0 Å². The van der Waals surface area contributed by atoms with E-state index < -0.39 is 27.3 Å². The van der Waals surface area contributed by atoms with Crippen molar-refractivity contribution in [2.24, 2.45) is 0 Å². The van der Waals surface area contributed by atoms with Crippen molar-refractivity contribution in [1.29, 1.82) is 0 Å². The van der Waals surface area contributed by atoms with Crippen molar-refractivity contribution < 1.29 is 17.6 Å². The molecule has 8 heteroatoms. The Labute approximate surface area is 161 Å². The van der Waals surface area contributed by atoms with Crippen LogP contribution in [0.2, 0.25) is 0 Å². The van der Waals surface area contributed by atoms with Gasteiger partial charge in [0.1, 0.15) is 5.82 Å². The Hall–Kier alpha value is -1.77. The SMILES string of the molecule is CC(C)(C)NS(=O)(=O)c1ccccc1CNC(=O)c1cc(Br)ccc1F. The number of hydrogen-bond donors (Lipinski definition) is 2. The number of benzene rings is 2. The van der Waals surface area contributed by atoms with Gasteiger partial charge in [-0.3, -0.25) is 4.79 Å². The van der Waals surface area contributed by atoms with Crippen LogP contribution in [0.3, 0.4) is 0 Å². The first-order valence-electron chi connectivity index (χ1n) is 7.85. The molecule has 0 aliphatic rings. The molecule has 0 fully saturated rings. The smallest absolute Gasteiger partial charge is 0.254 e. The summed E-state index contributed by atoms with van der Waals surface area (Å²) < 4.78 is 42.1. The fraction of sp³-hybridized carbons (Fsp3) is 0.278. The molecule has 2 N–H and O–H groups in total. The molecule has 1 amide bonds. The number of sulfonamides is 1. The van der Waals surface area contributed by atoms with E-state index >= 15 is 0 Å². The van der Waals surface area contributed by atoms with Gasteiger partial charge in [0.2, 0.25) is 10.0 Å². The predicted octanol–water partition coefficient (Wildman–Crippen LogP) is 3.60. The Morgan fingerprint density at radius 2 is 1.81 bits per heavy atom. The molecule has 0 spiro atoms. The monoisotopic (exact) mass is 442 g/mol. The van der Waals surface area contributed by atoms with Gasteiger partial charge in [0, 0.05) is 16.6 Å². The molecule has 26 heavy (non-hydrogen) atoms. The van der Waals surface area contributed by atoms with Crippen LogP contribution in [-0.2, 0) is 16.6 Å². The van der Waals surface area contributed by atoms with Crippen molar-refractivity contribution in [1.82, 2.24) is 10.0 Å². The summed E-state index contributed by atoms with van der Waals surface area (Å²) in [5.74, 6) is -1.28. The van der Waals surface area contributed by atoms with E-state index in [9.17, 15) is 17.6 Å². The molecule has 0 atom stereocenters. The topological polar surface area (TPSA) is 75.3 Å². The number of rotatable bonds is 5. The molecule has 2 aromatic rings. The number of carbonyl (C=O) groups is 1. The van der Waals surface area contributed by atoms with Gasteiger partial charge in [-0.15, -0.1) is 0 Å². The summed E-state index contributed by atoms with van der Waals surface area (Å²) in [6.07, 6.45) is 0. The lowest BCUT2D eigenvalue weighted by molar-refractivity contribution is 0.0946. The Bertz CT molecular complexity index is 924. The fourth-order valence-electron chi connectivity index (χ4n) is 2.31. The molecule has 5 nitrogen and oxygen atoms in total. The van der Waals surface area contributed by atoms with Crippen molar-refractivity contribution in [3.05, 3.63) is 63.9 Å². The quantitative estimate of drug-likeness (QED) is 0.742. The highest BCUT2D eigenvalue weighted by Gasteiger charge is 2.24. The van der Waals surface area contributed by atoms with E-state index in [1.165, 1.54) is 24.3 Å². The maximum Gasteiger partial charge on any atom is 0.254 e. The largest absolute Gasteiger partial charge is 0.348 e. The second-order valence-corrected chi connectivity index (χ2v) is 9.34. The Kier molecular flexibility index (Phi) is 6.21. The second-order valence-electron chi connectivity index (χ2n) is 6.77. The molecule has 2 rings (SSSR count). The zero-order valence-corrected chi connectivity index (χ0v) is 17.0. The third-order valence-electron chi connectivity index (χ3n) is 3.32. The molecule has 0 bridgehead atoms. The first-order valence-corrected chi connectivity index (χ1v) is 10.1. The lowest BCUT2D eigenvalue weighted by Gasteiger charge is -2.21. The third-order valence-corrected chi connectivity index (χ3v) is 5.67. The van der Waals surface area contributed by atoms with E-state index in [1.54, 1.807) is 39.0 Å². The van der Waals surface area contributed by atoms with Gasteiger partial charge in [-0.1, -0.05) is 34.1 Å². The molecule has 0 aliphatic heterocycles. The molecule has 2 aromatic carbocycles. The summed E-state index contributed by atoms with van der Waals surface area (Å²) in [7, 11) is -3.76. The molecule has 0 heterocycles. The van der Waals surface area contributed by atoms with Crippen molar-refractivity contribution >= 4 is 31.9 Å². The van der Waals surface area contributed by atoms with Crippen LogP contribution in [0.4, 0.5) is 4.39 Å². The van der Waals surface area contributed by atoms with Gasteiger partial charge in [-0.25, -0.2) is 17.5 Å². The van der Waals surface area contributed by atoms with Crippen molar-refractivity contribution in [3.63, 3.8) is 0 Å². The molecule has 0 saturated heterocycles. The summed E-state index contributed by atoms with van der Waals surface area (Å²) in [5.41, 5.74) is -0.352. The summed E-state index contributed by atoms with van der Waals surface area (Å²) >= 11 is 3.19. The van der Waals surface area contributed by atoms with Gasteiger partial charge in [-0.05, 0) is 50.6 Å². The zero-order valence-electron chi connectivity index (χ0n) is 14.6. The van der Waals surface area contributed by atoms with Crippen LogP contribution in [0.15, 0.2) is 51.8 Å². The lowest BCUT2D eigenvalue weighted by atomic mass is 10.1. The van der Waals surface area contributed by atoms with Crippen molar-refractivity contribution in [2.75, 3.05) is 0 Å². The standard InChI is InChI=1S/C18H20BrFN2O3S/c1-18(2,3)22-26(24,25)16-7-5-4-6-12(16)11-21-17(23)14-10-13(19)8-9-15(14)20/h4-10,22H,11H2,1-3H3,(H,21,23). The van der Waals surface area contributed by atoms with E-state index in [2.05, 4.69) is 26.0 Å². The van der Waals surface area contributed by atoms with Crippen LogP contribution in [-0.4, -0.2) is 19.9 Å². The van der Waals surface area contributed by atoms with Crippen LogP contribution in [0.1, 0.15) is 36.7 Å². The highest BCUT2D eigenvalue weighted by atomic mass is 79.9. The number of halogens is 2.